The van der Waals surface area contributed by atoms with Crippen molar-refractivity contribution in [1.29, 1.82) is 0 Å². The molecule has 84 valence electrons. The lowest BCUT2D eigenvalue weighted by Crippen LogP contribution is -3.14. The maximum absolute atomic E-state index is 11.7. The minimum absolute atomic E-state index is 0.132. The monoisotopic (exact) mass is 220 g/mol. The average molecular weight is 220 g/mol. The Hall–Kier alpha value is -1.39. The van der Waals surface area contributed by atoms with Crippen LogP contribution in [0.3, 0.4) is 0 Å². The van der Waals surface area contributed by atoms with Crippen molar-refractivity contribution in [2.75, 3.05) is 26.3 Å². The van der Waals surface area contributed by atoms with Gasteiger partial charge in [0.1, 0.15) is 13.1 Å². The summed E-state index contributed by atoms with van der Waals surface area (Å²) >= 11 is 0. The second-order valence-electron chi connectivity index (χ2n) is 4.14. The molecule has 2 aliphatic rings. The van der Waals surface area contributed by atoms with Crippen molar-refractivity contribution >= 4 is 5.97 Å². The molecule has 1 aromatic carbocycles. The first-order chi connectivity index (χ1) is 7.86. The van der Waals surface area contributed by atoms with Crippen LogP contribution >= 0.6 is 0 Å². The Morgan fingerprint density at radius 1 is 1.19 bits per heavy atom. The molecule has 1 atom stereocenters. The first kappa shape index (κ1) is 9.81. The number of hydrogen-bond acceptors (Lipinski definition) is 3. The summed E-state index contributed by atoms with van der Waals surface area (Å²) < 4.78 is 10.8. The molecule has 0 spiro atoms. The number of carbonyl (C=O) groups excluding carboxylic acids is 1. The molecule has 0 aliphatic carbocycles. The second-order valence-corrected chi connectivity index (χ2v) is 4.14. The summed E-state index contributed by atoms with van der Waals surface area (Å²) in [7, 11) is 0. The predicted molar refractivity (Wildman–Crippen MR) is 56.1 cm³/mol. The molecule has 0 bridgehead atoms. The van der Waals surface area contributed by atoms with Crippen molar-refractivity contribution in [2.24, 2.45) is 0 Å². The van der Waals surface area contributed by atoms with E-state index in [1.54, 1.807) is 0 Å². The molecule has 1 N–H and O–H groups in total. The van der Waals surface area contributed by atoms with Gasteiger partial charge >= 0.3 is 5.97 Å². The van der Waals surface area contributed by atoms with Crippen LogP contribution in [-0.4, -0.2) is 32.3 Å². The molecule has 0 amide bonds. The highest BCUT2D eigenvalue weighted by Crippen LogP contribution is 2.26. The smallest absolute Gasteiger partial charge is 0.343 e. The maximum atomic E-state index is 11.7. The number of ether oxygens (including phenoxy) is 2. The van der Waals surface area contributed by atoms with Crippen LogP contribution in [0, 0.1) is 0 Å². The third-order valence-corrected chi connectivity index (χ3v) is 3.19. The minimum atomic E-state index is -0.195. The summed E-state index contributed by atoms with van der Waals surface area (Å²) in [6.45, 7) is 3.27. The van der Waals surface area contributed by atoms with Crippen molar-refractivity contribution in [3.63, 3.8) is 0 Å². The molecule has 4 nitrogen and oxygen atoms in total. The van der Waals surface area contributed by atoms with E-state index in [0.29, 0.717) is 5.56 Å². The number of benzene rings is 1. The molecule has 0 radical (unpaired) electrons. The summed E-state index contributed by atoms with van der Waals surface area (Å²) in [6.07, 6.45) is -0.132. The standard InChI is InChI=1S/C12H13NO3/c14-12-10-4-2-1-3-9(10)11(16-12)13-5-7-15-8-6-13/h1-4,11H,5-8H2/p+1. The number of morpholine rings is 1. The van der Waals surface area contributed by atoms with Crippen LogP contribution in [0.2, 0.25) is 0 Å². The van der Waals surface area contributed by atoms with Crippen molar-refractivity contribution in [3.8, 4) is 0 Å². The maximum Gasteiger partial charge on any atom is 0.343 e. The van der Waals surface area contributed by atoms with Gasteiger partial charge in [0.25, 0.3) is 6.23 Å². The molecule has 4 heteroatoms. The Morgan fingerprint density at radius 3 is 2.75 bits per heavy atom. The Bertz CT molecular complexity index is 412. The Labute approximate surface area is 93.8 Å². The molecule has 1 saturated heterocycles. The zero-order valence-electron chi connectivity index (χ0n) is 8.94. The highest BCUT2D eigenvalue weighted by atomic mass is 16.6. The van der Waals surface area contributed by atoms with Crippen LogP contribution in [0.4, 0.5) is 0 Å². The Morgan fingerprint density at radius 2 is 1.94 bits per heavy atom. The fourth-order valence-electron chi connectivity index (χ4n) is 2.34. The Kier molecular flexibility index (Phi) is 2.38. The van der Waals surface area contributed by atoms with Gasteiger partial charge in [0.2, 0.25) is 0 Å². The molecule has 0 aromatic heterocycles. The number of rotatable bonds is 1. The third-order valence-electron chi connectivity index (χ3n) is 3.19. The van der Waals surface area contributed by atoms with Gasteiger partial charge in [-0.3, -0.25) is 4.90 Å². The van der Waals surface area contributed by atoms with Crippen LogP contribution in [0.1, 0.15) is 22.1 Å². The molecule has 1 unspecified atom stereocenters. The largest absolute Gasteiger partial charge is 0.404 e. The average Bonchev–Trinajstić information content (AvgIpc) is 2.69. The number of hydrogen-bond donors (Lipinski definition) is 1. The van der Waals surface area contributed by atoms with Crippen LogP contribution in [0.5, 0.6) is 0 Å². The summed E-state index contributed by atoms with van der Waals surface area (Å²) in [4.78, 5) is 12.9. The van der Waals surface area contributed by atoms with Crippen LogP contribution in [-0.2, 0) is 9.47 Å². The van der Waals surface area contributed by atoms with Gasteiger partial charge in [-0.15, -0.1) is 0 Å². The fraction of sp³-hybridized carbons (Fsp3) is 0.417. The summed E-state index contributed by atoms with van der Waals surface area (Å²) in [5, 5.41) is 0. The summed E-state index contributed by atoms with van der Waals surface area (Å²) in [5.74, 6) is -0.195. The molecule has 16 heavy (non-hydrogen) atoms. The zero-order valence-corrected chi connectivity index (χ0v) is 8.94. The molecule has 1 aromatic rings. The lowest BCUT2D eigenvalue weighted by molar-refractivity contribution is -0.958. The second kappa shape index (κ2) is 3.88. The van der Waals surface area contributed by atoms with E-state index in [9.17, 15) is 4.79 Å². The van der Waals surface area contributed by atoms with Gasteiger partial charge in [-0.05, 0) is 12.1 Å². The van der Waals surface area contributed by atoms with E-state index < -0.39 is 0 Å². The normalized spacial score (nSPS) is 25.2. The van der Waals surface area contributed by atoms with Gasteiger partial charge in [-0.25, -0.2) is 4.79 Å². The van der Waals surface area contributed by atoms with Crippen molar-refractivity contribution in [1.82, 2.24) is 0 Å². The quantitative estimate of drug-likeness (QED) is 0.665. The predicted octanol–water partition coefficient (Wildman–Crippen LogP) is -0.229. The lowest BCUT2D eigenvalue weighted by Gasteiger charge is -2.27. The SMILES string of the molecule is O=C1OC([NH+]2CCOCC2)c2ccccc21. The van der Waals surface area contributed by atoms with Crippen molar-refractivity contribution in [2.45, 2.75) is 6.23 Å². The number of carbonyl (C=O) groups is 1. The Balaban J connectivity index is 1.90. The van der Waals surface area contributed by atoms with Gasteiger partial charge < -0.3 is 9.47 Å². The molecule has 2 aliphatic heterocycles. The number of quaternary nitrogens is 1. The minimum Gasteiger partial charge on any atom is -0.404 e. The molecule has 2 heterocycles. The zero-order chi connectivity index (χ0) is 11.0. The van der Waals surface area contributed by atoms with E-state index in [-0.39, 0.29) is 12.2 Å². The van der Waals surface area contributed by atoms with E-state index in [2.05, 4.69) is 0 Å². The van der Waals surface area contributed by atoms with Gasteiger partial charge in [-0.2, -0.15) is 0 Å². The van der Waals surface area contributed by atoms with E-state index >= 15 is 0 Å². The van der Waals surface area contributed by atoms with Crippen LogP contribution in [0.15, 0.2) is 24.3 Å². The van der Waals surface area contributed by atoms with Gasteiger partial charge in [0, 0.05) is 0 Å². The van der Waals surface area contributed by atoms with E-state index in [1.165, 1.54) is 4.90 Å². The number of fused-ring (bicyclic) bond motifs is 1. The molecule has 1 fully saturated rings. The first-order valence-corrected chi connectivity index (χ1v) is 5.58. The number of cyclic esters (lactones) is 1. The highest BCUT2D eigenvalue weighted by Gasteiger charge is 2.38. The fourth-order valence-corrected chi connectivity index (χ4v) is 2.34. The third kappa shape index (κ3) is 1.50. The number of nitrogens with one attached hydrogen (secondary N) is 1. The lowest BCUT2D eigenvalue weighted by atomic mass is 10.1. The molecule has 3 rings (SSSR count). The number of esters is 1. The van der Waals surface area contributed by atoms with Crippen LogP contribution < -0.4 is 4.90 Å². The highest BCUT2D eigenvalue weighted by molar-refractivity contribution is 5.93. The van der Waals surface area contributed by atoms with Crippen LogP contribution in [0.25, 0.3) is 0 Å². The van der Waals surface area contributed by atoms with E-state index in [0.717, 1.165) is 31.9 Å². The molecular formula is C12H14NO3+. The van der Waals surface area contributed by atoms with Gasteiger partial charge in [0.05, 0.1) is 24.3 Å². The van der Waals surface area contributed by atoms with Crippen molar-refractivity contribution in [3.05, 3.63) is 35.4 Å². The summed E-state index contributed by atoms with van der Waals surface area (Å²) in [5.41, 5.74) is 1.73. The van der Waals surface area contributed by atoms with E-state index in [1.807, 2.05) is 24.3 Å². The van der Waals surface area contributed by atoms with E-state index in [4.69, 9.17) is 9.47 Å². The molecular weight excluding hydrogens is 206 g/mol. The van der Waals surface area contributed by atoms with Crippen molar-refractivity contribution < 1.29 is 19.2 Å². The topological polar surface area (TPSA) is 40.0 Å². The summed E-state index contributed by atoms with van der Waals surface area (Å²) in [6, 6.07) is 7.63. The first-order valence-electron chi connectivity index (χ1n) is 5.58. The van der Waals surface area contributed by atoms with Gasteiger partial charge in [0.15, 0.2) is 0 Å². The van der Waals surface area contributed by atoms with Gasteiger partial charge in [-0.1, -0.05) is 12.1 Å². The molecule has 0 saturated carbocycles.